The molecule has 0 bridgehead atoms. The van der Waals surface area contributed by atoms with E-state index in [4.69, 9.17) is 15.7 Å². The predicted octanol–water partition coefficient (Wildman–Crippen LogP) is 3.82. The summed E-state index contributed by atoms with van der Waals surface area (Å²) in [5, 5.41) is 11.7. The van der Waals surface area contributed by atoms with Crippen LogP contribution in [0.1, 0.15) is 56.2 Å². The molecule has 0 saturated carbocycles. The third-order valence-corrected chi connectivity index (χ3v) is 3.90. The fraction of sp³-hybridized carbons (Fsp3) is 0.588. The molecule has 0 aromatic heterocycles. The summed E-state index contributed by atoms with van der Waals surface area (Å²) in [7, 11) is 0. The van der Waals surface area contributed by atoms with E-state index >= 15 is 0 Å². The number of amidine groups is 1. The van der Waals surface area contributed by atoms with E-state index < -0.39 is 0 Å². The molecule has 0 fully saturated rings. The highest BCUT2D eigenvalue weighted by atomic mass is 16.5. The van der Waals surface area contributed by atoms with E-state index in [2.05, 4.69) is 19.0 Å². The monoisotopic (exact) mass is 292 g/mol. The third-order valence-electron chi connectivity index (χ3n) is 3.90. The Kier molecular flexibility index (Phi) is 7.83. The Bertz CT molecular complexity index is 458. The normalized spacial score (nSPS) is 13.4. The first-order valence-corrected chi connectivity index (χ1v) is 7.77. The maximum atomic E-state index is 8.69. The smallest absolute Gasteiger partial charge is 0.170 e. The number of unbranched alkanes of at least 4 members (excludes halogenated alkanes) is 1. The average molecular weight is 292 g/mol. The number of hydrogen-bond donors (Lipinski definition) is 2. The predicted molar refractivity (Wildman–Crippen MR) is 86.7 cm³/mol. The van der Waals surface area contributed by atoms with Crippen molar-refractivity contribution in [3.8, 4) is 0 Å². The van der Waals surface area contributed by atoms with Crippen LogP contribution in [0, 0.1) is 12.8 Å². The van der Waals surface area contributed by atoms with Crippen LogP contribution in [-0.4, -0.2) is 17.6 Å². The fourth-order valence-electron chi connectivity index (χ4n) is 2.31. The molecule has 4 nitrogen and oxygen atoms in total. The molecule has 1 rings (SSSR count). The summed E-state index contributed by atoms with van der Waals surface area (Å²) in [5.74, 6) is 0.790. The number of ether oxygens (including phenoxy) is 1. The lowest BCUT2D eigenvalue weighted by Gasteiger charge is -2.15. The van der Waals surface area contributed by atoms with Crippen LogP contribution in [0.15, 0.2) is 23.4 Å². The van der Waals surface area contributed by atoms with Gasteiger partial charge in [-0.2, -0.15) is 0 Å². The van der Waals surface area contributed by atoms with Gasteiger partial charge in [0.05, 0.1) is 6.61 Å². The molecule has 0 aliphatic carbocycles. The zero-order valence-electron chi connectivity index (χ0n) is 13.4. The molecule has 3 N–H and O–H groups in total. The summed E-state index contributed by atoms with van der Waals surface area (Å²) in [4.78, 5) is 0. The van der Waals surface area contributed by atoms with Gasteiger partial charge in [0, 0.05) is 12.2 Å². The molecule has 1 aromatic rings. The number of hydrogen-bond acceptors (Lipinski definition) is 3. The summed E-state index contributed by atoms with van der Waals surface area (Å²) in [6.07, 6.45) is 4.93. The highest BCUT2D eigenvalue weighted by Crippen LogP contribution is 2.16. The van der Waals surface area contributed by atoms with E-state index in [0.29, 0.717) is 12.5 Å². The topological polar surface area (TPSA) is 67.8 Å². The fourth-order valence-corrected chi connectivity index (χ4v) is 2.31. The van der Waals surface area contributed by atoms with E-state index in [1.807, 2.05) is 25.1 Å². The number of nitrogens with zero attached hydrogens (tertiary/aromatic N) is 1. The Labute approximate surface area is 128 Å². The summed E-state index contributed by atoms with van der Waals surface area (Å²) < 4.78 is 5.87. The van der Waals surface area contributed by atoms with Crippen LogP contribution in [0.2, 0.25) is 0 Å². The second-order valence-corrected chi connectivity index (χ2v) is 5.56. The van der Waals surface area contributed by atoms with Crippen molar-refractivity contribution in [2.75, 3.05) is 6.61 Å². The first-order valence-electron chi connectivity index (χ1n) is 7.77. The minimum atomic E-state index is 0.135. The molecule has 118 valence electrons. The van der Waals surface area contributed by atoms with Gasteiger partial charge in [-0.1, -0.05) is 50.4 Å². The molecule has 0 spiro atoms. The van der Waals surface area contributed by atoms with Crippen molar-refractivity contribution >= 4 is 5.84 Å². The van der Waals surface area contributed by atoms with Crippen molar-refractivity contribution in [3.05, 3.63) is 34.9 Å². The molecule has 0 aliphatic rings. The van der Waals surface area contributed by atoms with Crippen LogP contribution in [0.3, 0.4) is 0 Å². The zero-order valence-corrected chi connectivity index (χ0v) is 13.4. The van der Waals surface area contributed by atoms with Crippen LogP contribution in [-0.2, 0) is 11.3 Å². The van der Waals surface area contributed by atoms with Gasteiger partial charge in [-0.15, -0.1) is 0 Å². The van der Waals surface area contributed by atoms with Crippen molar-refractivity contribution in [3.63, 3.8) is 0 Å². The molecule has 0 heterocycles. The van der Waals surface area contributed by atoms with E-state index in [-0.39, 0.29) is 5.84 Å². The molecule has 1 unspecified atom stereocenters. The van der Waals surface area contributed by atoms with Crippen LogP contribution in [0.5, 0.6) is 0 Å². The molecule has 0 saturated heterocycles. The Balaban J connectivity index is 2.52. The van der Waals surface area contributed by atoms with Crippen LogP contribution in [0.4, 0.5) is 0 Å². The molecule has 4 heteroatoms. The van der Waals surface area contributed by atoms with Crippen LogP contribution >= 0.6 is 0 Å². The first-order chi connectivity index (χ1) is 10.1. The molecule has 0 radical (unpaired) electrons. The summed E-state index contributed by atoms with van der Waals surface area (Å²) >= 11 is 0. The first kappa shape index (κ1) is 17.5. The van der Waals surface area contributed by atoms with Gasteiger partial charge in [0.2, 0.25) is 0 Å². The number of aryl methyl sites for hydroxylation is 1. The molecular weight excluding hydrogens is 264 g/mol. The Morgan fingerprint density at radius 3 is 2.71 bits per heavy atom. The second-order valence-electron chi connectivity index (χ2n) is 5.56. The average Bonchev–Trinajstić information content (AvgIpc) is 2.51. The van der Waals surface area contributed by atoms with Crippen LogP contribution < -0.4 is 5.73 Å². The van der Waals surface area contributed by atoms with E-state index in [9.17, 15) is 0 Å². The van der Waals surface area contributed by atoms with Gasteiger partial charge >= 0.3 is 0 Å². The van der Waals surface area contributed by atoms with Gasteiger partial charge < -0.3 is 15.7 Å². The van der Waals surface area contributed by atoms with Crippen molar-refractivity contribution < 1.29 is 9.94 Å². The van der Waals surface area contributed by atoms with Crippen molar-refractivity contribution in [2.45, 2.75) is 53.1 Å². The minimum absolute atomic E-state index is 0.135. The molecule has 1 aromatic carbocycles. The number of rotatable bonds is 9. The summed E-state index contributed by atoms with van der Waals surface area (Å²) in [6, 6.07) is 5.76. The van der Waals surface area contributed by atoms with Gasteiger partial charge in [0.15, 0.2) is 5.84 Å². The van der Waals surface area contributed by atoms with Gasteiger partial charge in [-0.05, 0) is 36.5 Å². The molecular formula is C17H28N2O2. The lowest BCUT2D eigenvalue weighted by atomic mass is 10.0. The Morgan fingerprint density at radius 1 is 1.38 bits per heavy atom. The lowest BCUT2D eigenvalue weighted by Crippen LogP contribution is -2.14. The summed E-state index contributed by atoms with van der Waals surface area (Å²) in [5.41, 5.74) is 8.56. The minimum Gasteiger partial charge on any atom is -0.409 e. The second kappa shape index (κ2) is 9.40. The largest absolute Gasteiger partial charge is 0.409 e. The zero-order chi connectivity index (χ0) is 15.7. The van der Waals surface area contributed by atoms with Gasteiger partial charge in [-0.3, -0.25) is 0 Å². The summed E-state index contributed by atoms with van der Waals surface area (Å²) in [6.45, 7) is 7.89. The van der Waals surface area contributed by atoms with E-state index in [1.165, 1.54) is 25.7 Å². The quantitative estimate of drug-likeness (QED) is 0.314. The molecule has 21 heavy (non-hydrogen) atoms. The Morgan fingerprint density at radius 2 is 2.14 bits per heavy atom. The molecule has 1 atom stereocenters. The molecule has 0 amide bonds. The van der Waals surface area contributed by atoms with E-state index in [0.717, 1.165) is 23.3 Å². The number of benzene rings is 1. The van der Waals surface area contributed by atoms with Gasteiger partial charge in [0.1, 0.15) is 0 Å². The van der Waals surface area contributed by atoms with Crippen molar-refractivity contribution in [1.82, 2.24) is 0 Å². The van der Waals surface area contributed by atoms with Gasteiger partial charge in [-0.25, -0.2) is 0 Å². The standard InChI is InChI=1S/C17H28N2O2/c1-4-6-7-14(5-2)11-21-12-16-9-8-15(10-13(16)3)17(18)19-20/h8-10,14,20H,4-7,11-12H2,1-3H3,(H2,18,19). The SMILES string of the molecule is CCCCC(CC)COCc1ccc(/C(N)=N/O)cc1C. The molecule has 0 aliphatic heterocycles. The third kappa shape index (κ3) is 5.76. The van der Waals surface area contributed by atoms with Crippen molar-refractivity contribution in [2.24, 2.45) is 16.8 Å². The maximum Gasteiger partial charge on any atom is 0.170 e. The maximum absolute atomic E-state index is 8.69. The van der Waals surface area contributed by atoms with Crippen LogP contribution in [0.25, 0.3) is 0 Å². The highest BCUT2D eigenvalue weighted by Gasteiger charge is 2.08. The number of oxime groups is 1. The number of nitrogens with two attached hydrogens (primary N) is 1. The highest BCUT2D eigenvalue weighted by molar-refractivity contribution is 5.97. The lowest BCUT2D eigenvalue weighted by molar-refractivity contribution is 0.0817. The Hall–Kier alpha value is -1.55. The van der Waals surface area contributed by atoms with E-state index in [1.54, 1.807) is 0 Å². The van der Waals surface area contributed by atoms with Gasteiger partial charge in [0.25, 0.3) is 0 Å². The van der Waals surface area contributed by atoms with Crippen molar-refractivity contribution in [1.29, 1.82) is 0 Å².